The predicted molar refractivity (Wildman–Crippen MR) is 141 cm³/mol. The predicted octanol–water partition coefficient (Wildman–Crippen LogP) is 6.71. The molecule has 10 heteroatoms. The molecule has 1 aliphatic rings. The van der Waals surface area contributed by atoms with Gasteiger partial charge in [0.25, 0.3) is 0 Å². The van der Waals surface area contributed by atoms with Crippen molar-refractivity contribution >= 4 is 17.7 Å². The summed E-state index contributed by atoms with van der Waals surface area (Å²) in [5.41, 5.74) is -1.59. The van der Waals surface area contributed by atoms with Crippen molar-refractivity contribution in [3.63, 3.8) is 0 Å². The lowest BCUT2D eigenvalue weighted by molar-refractivity contribution is -0.00429. The lowest BCUT2D eigenvalue weighted by Gasteiger charge is -2.33. The molecule has 39 heavy (non-hydrogen) atoms. The van der Waals surface area contributed by atoms with Gasteiger partial charge in [-0.1, -0.05) is 48.9 Å². The zero-order chi connectivity index (χ0) is 28.5. The lowest BCUT2D eigenvalue weighted by Crippen LogP contribution is -2.45. The van der Waals surface area contributed by atoms with Gasteiger partial charge in [-0.15, -0.1) is 0 Å². The van der Waals surface area contributed by atoms with E-state index in [2.05, 4.69) is 5.32 Å². The summed E-state index contributed by atoms with van der Waals surface area (Å²) in [7, 11) is 0. The van der Waals surface area contributed by atoms with E-state index in [-0.39, 0.29) is 35.8 Å². The highest BCUT2D eigenvalue weighted by atomic mass is 35.5. The Balaban J connectivity index is 1.90. The summed E-state index contributed by atoms with van der Waals surface area (Å²) in [6, 6.07) is 12.0. The molecule has 1 amide bonds. The van der Waals surface area contributed by atoms with Crippen molar-refractivity contribution in [1.82, 2.24) is 5.32 Å². The standard InChI is InChI=1S/C29H29ClF3NO5/c1-16-22-21(39-29(16,17-8-6-5-7-9-17)15-38-27(36)34-28(2,3)4)14-19(32)25(30)24(22)23-20(37-13-12-35)11-10-18(31)26(23)33/h5-11,14,16,35H,12-13,15H2,1-4H3,(H,34,36). The van der Waals surface area contributed by atoms with E-state index in [0.717, 1.165) is 12.1 Å². The van der Waals surface area contributed by atoms with Gasteiger partial charge in [-0.3, -0.25) is 0 Å². The van der Waals surface area contributed by atoms with Crippen molar-refractivity contribution < 1.29 is 37.3 Å². The van der Waals surface area contributed by atoms with Crippen LogP contribution in [0.5, 0.6) is 11.5 Å². The molecule has 4 rings (SSSR count). The molecule has 3 aromatic rings. The van der Waals surface area contributed by atoms with Crippen LogP contribution in [0.15, 0.2) is 48.5 Å². The van der Waals surface area contributed by atoms with Gasteiger partial charge in [0, 0.05) is 28.7 Å². The molecule has 0 bridgehead atoms. The van der Waals surface area contributed by atoms with Gasteiger partial charge >= 0.3 is 6.09 Å². The zero-order valence-electron chi connectivity index (χ0n) is 21.9. The number of hydrogen-bond acceptors (Lipinski definition) is 5. The summed E-state index contributed by atoms with van der Waals surface area (Å²) < 4.78 is 62.5. The number of hydrogen-bond donors (Lipinski definition) is 2. The van der Waals surface area contributed by atoms with Gasteiger partial charge in [0.1, 0.15) is 30.5 Å². The Kier molecular flexibility index (Phi) is 8.04. The minimum absolute atomic E-state index is 0.0276. The molecule has 2 N–H and O–H groups in total. The van der Waals surface area contributed by atoms with Crippen LogP contribution in [0.3, 0.4) is 0 Å². The maximum Gasteiger partial charge on any atom is 0.407 e. The van der Waals surface area contributed by atoms with Crippen LogP contribution < -0.4 is 14.8 Å². The number of rotatable bonds is 7. The summed E-state index contributed by atoms with van der Waals surface area (Å²) in [4.78, 5) is 12.6. The van der Waals surface area contributed by atoms with Crippen molar-refractivity contribution in [3.05, 3.63) is 82.1 Å². The molecule has 1 heterocycles. The van der Waals surface area contributed by atoms with Gasteiger partial charge < -0.3 is 24.6 Å². The number of ether oxygens (including phenoxy) is 3. The van der Waals surface area contributed by atoms with Crippen LogP contribution in [0.2, 0.25) is 5.02 Å². The van der Waals surface area contributed by atoms with Gasteiger partial charge in [-0.2, -0.15) is 0 Å². The number of aliphatic hydroxyl groups is 1. The molecule has 0 radical (unpaired) electrons. The Morgan fingerprint density at radius 2 is 1.79 bits per heavy atom. The number of halogens is 4. The molecule has 208 valence electrons. The third-order valence-electron chi connectivity index (χ3n) is 6.46. The third-order valence-corrected chi connectivity index (χ3v) is 6.83. The van der Waals surface area contributed by atoms with E-state index in [1.807, 2.05) is 0 Å². The van der Waals surface area contributed by atoms with E-state index in [4.69, 9.17) is 25.8 Å². The van der Waals surface area contributed by atoms with Crippen LogP contribution in [0.1, 0.15) is 44.7 Å². The first-order chi connectivity index (χ1) is 18.4. The normalized spacial score (nSPS) is 18.3. The van der Waals surface area contributed by atoms with Crippen molar-refractivity contribution in [2.24, 2.45) is 0 Å². The molecule has 0 saturated heterocycles. The Bertz CT molecular complexity index is 1380. The first kappa shape index (κ1) is 28.6. The molecular weight excluding hydrogens is 535 g/mol. The molecule has 0 saturated carbocycles. The van der Waals surface area contributed by atoms with E-state index >= 15 is 8.78 Å². The summed E-state index contributed by atoms with van der Waals surface area (Å²) in [5, 5.41) is 11.5. The number of carbonyl (C=O) groups is 1. The number of aliphatic hydroxyl groups excluding tert-OH is 1. The van der Waals surface area contributed by atoms with Crippen molar-refractivity contribution in [2.45, 2.75) is 44.8 Å². The fourth-order valence-corrected chi connectivity index (χ4v) is 4.97. The number of carbonyl (C=O) groups excluding carboxylic acids is 1. The van der Waals surface area contributed by atoms with Crippen LogP contribution in [-0.4, -0.2) is 36.6 Å². The molecular formula is C29H29ClF3NO5. The Morgan fingerprint density at radius 3 is 2.44 bits per heavy atom. The highest BCUT2D eigenvalue weighted by Gasteiger charge is 2.51. The molecule has 6 nitrogen and oxygen atoms in total. The first-order valence-electron chi connectivity index (χ1n) is 12.3. The fraction of sp³-hybridized carbons (Fsp3) is 0.345. The number of fused-ring (bicyclic) bond motifs is 1. The van der Waals surface area contributed by atoms with Gasteiger partial charge in [0.15, 0.2) is 17.2 Å². The number of benzene rings is 3. The van der Waals surface area contributed by atoms with E-state index < -0.39 is 57.8 Å². The van der Waals surface area contributed by atoms with Crippen molar-refractivity contribution in [2.75, 3.05) is 19.8 Å². The average molecular weight is 564 g/mol. The maximum atomic E-state index is 15.4. The fourth-order valence-electron chi connectivity index (χ4n) is 4.72. The summed E-state index contributed by atoms with van der Waals surface area (Å²) in [6.45, 7) is 6.24. The Labute approximate surface area is 229 Å². The van der Waals surface area contributed by atoms with Gasteiger partial charge in [-0.05, 0) is 38.5 Å². The lowest BCUT2D eigenvalue weighted by atomic mass is 9.78. The van der Waals surface area contributed by atoms with Gasteiger partial charge in [0.05, 0.1) is 17.2 Å². The van der Waals surface area contributed by atoms with Crippen molar-refractivity contribution in [1.29, 1.82) is 0 Å². The Morgan fingerprint density at radius 1 is 1.10 bits per heavy atom. The molecule has 0 aliphatic carbocycles. The SMILES string of the molecule is CC1c2c(cc(F)c(Cl)c2-c2c(OCCO)ccc(F)c2F)OC1(COC(=O)NC(C)(C)C)c1ccccc1. The molecule has 3 aromatic carbocycles. The third kappa shape index (κ3) is 5.51. The summed E-state index contributed by atoms with van der Waals surface area (Å²) >= 11 is 6.43. The van der Waals surface area contributed by atoms with E-state index in [1.165, 1.54) is 6.07 Å². The van der Waals surface area contributed by atoms with Crippen LogP contribution in [0.25, 0.3) is 11.1 Å². The summed E-state index contributed by atoms with van der Waals surface area (Å²) in [6.07, 6.45) is -0.690. The minimum atomic E-state index is -1.36. The number of alkyl carbamates (subject to hydrolysis) is 1. The zero-order valence-corrected chi connectivity index (χ0v) is 22.7. The second-order valence-electron chi connectivity index (χ2n) is 10.3. The molecule has 0 spiro atoms. The number of amides is 1. The minimum Gasteiger partial charge on any atom is -0.490 e. The van der Waals surface area contributed by atoms with E-state index in [9.17, 15) is 14.3 Å². The monoisotopic (exact) mass is 563 g/mol. The quantitative estimate of drug-likeness (QED) is 0.334. The Hall–Kier alpha value is -3.43. The van der Waals surface area contributed by atoms with Crippen molar-refractivity contribution in [3.8, 4) is 22.6 Å². The largest absolute Gasteiger partial charge is 0.490 e. The first-order valence-corrected chi connectivity index (χ1v) is 12.7. The average Bonchev–Trinajstić information content (AvgIpc) is 3.16. The van der Waals surface area contributed by atoms with Crippen LogP contribution in [-0.2, 0) is 10.3 Å². The van der Waals surface area contributed by atoms with Gasteiger partial charge in [0.2, 0.25) is 0 Å². The maximum absolute atomic E-state index is 15.4. The molecule has 2 unspecified atom stereocenters. The highest BCUT2D eigenvalue weighted by Crippen LogP contribution is 2.57. The molecule has 0 fully saturated rings. The highest BCUT2D eigenvalue weighted by molar-refractivity contribution is 6.34. The summed E-state index contributed by atoms with van der Waals surface area (Å²) in [5.74, 6) is -4.23. The number of nitrogens with one attached hydrogen (secondary N) is 1. The second-order valence-corrected chi connectivity index (χ2v) is 10.7. The molecule has 1 aliphatic heterocycles. The van der Waals surface area contributed by atoms with E-state index in [1.54, 1.807) is 58.0 Å². The van der Waals surface area contributed by atoms with Crippen LogP contribution in [0.4, 0.5) is 18.0 Å². The smallest absolute Gasteiger partial charge is 0.407 e. The van der Waals surface area contributed by atoms with E-state index in [0.29, 0.717) is 5.56 Å². The van der Waals surface area contributed by atoms with Crippen LogP contribution in [0, 0.1) is 17.5 Å². The van der Waals surface area contributed by atoms with Gasteiger partial charge in [-0.25, -0.2) is 18.0 Å². The van der Waals surface area contributed by atoms with Crippen LogP contribution >= 0.6 is 11.6 Å². The topological polar surface area (TPSA) is 77.0 Å². The second kappa shape index (κ2) is 11.0. The molecule has 2 atom stereocenters. The molecule has 0 aromatic heterocycles.